The van der Waals surface area contributed by atoms with E-state index in [9.17, 15) is 9.59 Å². The Hall–Kier alpha value is -3.86. The standard InChI is InChI=1S/C25H22N2O3/c1-26(20-11-7-4-8-12-20)23-22(19-13-15-21(30-2)16-14-19)24(28)27(25(23)29)17-18-9-5-3-6-10-18/h3-16H,17H2,1-2H3. The topological polar surface area (TPSA) is 49.9 Å². The van der Waals surface area contributed by atoms with Crippen LogP contribution in [0.5, 0.6) is 5.75 Å². The Morgan fingerprint density at radius 1 is 0.800 bits per heavy atom. The van der Waals surface area contributed by atoms with Crippen LogP contribution < -0.4 is 9.64 Å². The molecule has 0 atom stereocenters. The van der Waals surface area contributed by atoms with Crippen LogP contribution in [0.3, 0.4) is 0 Å². The lowest BCUT2D eigenvalue weighted by molar-refractivity contribution is -0.137. The Morgan fingerprint density at radius 3 is 2.00 bits per heavy atom. The zero-order chi connectivity index (χ0) is 21.1. The summed E-state index contributed by atoms with van der Waals surface area (Å²) in [6, 6.07) is 26.3. The van der Waals surface area contributed by atoms with E-state index in [1.807, 2.05) is 79.8 Å². The normalized spacial score (nSPS) is 13.7. The summed E-state index contributed by atoms with van der Waals surface area (Å²) < 4.78 is 5.23. The minimum Gasteiger partial charge on any atom is -0.497 e. The molecule has 0 unspecified atom stereocenters. The molecule has 5 nitrogen and oxygen atoms in total. The summed E-state index contributed by atoms with van der Waals surface area (Å²) in [5.41, 5.74) is 3.18. The van der Waals surface area contributed by atoms with Gasteiger partial charge in [0.2, 0.25) is 0 Å². The van der Waals surface area contributed by atoms with Gasteiger partial charge in [0.1, 0.15) is 11.4 Å². The van der Waals surface area contributed by atoms with Gasteiger partial charge in [-0.05, 0) is 35.4 Å². The molecule has 3 aromatic carbocycles. The molecule has 0 aliphatic carbocycles. The molecule has 1 heterocycles. The van der Waals surface area contributed by atoms with Crippen LogP contribution >= 0.6 is 0 Å². The van der Waals surface area contributed by atoms with Gasteiger partial charge in [0.05, 0.1) is 19.2 Å². The fourth-order valence-electron chi connectivity index (χ4n) is 3.58. The number of hydrogen-bond acceptors (Lipinski definition) is 4. The van der Waals surface area contributed by atoms with Gasteiger partial charge in [-0.25, -0.2) is 0 Å². The number of para-hydroxylation sites is 1. The lowest BCUT2D eigenvalue weighted by Crippen LogP contribution is -2.33. The summed E-state index contributed by atoms with van der Waals surface area (Å²) in [5.74, 6) is 0.0862. The number of ether oxygens (including phenoxy) is 1. The zero-order valence-electron chi connectivity index (χ0n) is 16.9. The van der Waals surface area contributed by atoms with Crippen molar-refractivity contribution in [1.29, 1.82) is 0 Å². The minimum absolute atomic E-state index is 0.226. The van der Waals surface area contributed by atoms with Crippen LogP contribution in [-0.2, 0) is 16.1 Å². The molecule has 150 valence electrons. The van der Waals surface area contributed by atoms with Crippen LogP contribution in [0.4, 0.5) is 5.69 Å². The molecule has 0 aromatic heterocycles. The lowest BCUT2D eigenvalue weighted by Gasteiger charge is -2.21. The number of imide groups is 1. The van der Waals surface area contributed by atoms with Crippen molar-refractivity contribution < 1.29 is 14.3 Å². The third-order valence-corrected chi connectivity index (χ3v) is 5.18. The van der Waals surface area contributed by atoms with E-state index in [2.05, 4.69) is 0 Å². The van der Waals surface area contributed by atoms with E-state index in [4.69, 9.17) is 4.74 Å². The first-order valence-electron chi connectivity index (χ1n) is 9.67. The Balaban J connectivity index is 1.79. The molecule has 5 heteroatoms. The Morgan fingerprint density at radius 2 is 1.40 bits per heavy atom. The smallest absolute Gasteiger partial charge is 0.278 e. The van der Waals surface area contributed by atoms with Crippen LogP contribution in [0.15, 0.2) is 90.6 Å². The third-order valence-electron chi connectivity index (χ3n) is 5.18. The maximum absolute atomic E-state index is 13.4. The van der Waals surface area contributed by atoms with Gasteiger partial charge >= 0.3 is 0 Å². The quantitative estimate of drug-likeness (QED) is 0.587. The molecule has 0 radical (unpaired) electrons. The van der Waals surface area contributed by atoms with Crippen molar-refractivity contribution in [2.45, 2.75) is 6.54 Å². The molecule has 30 heavy (non-hydrogen) atoms. The molecule has 2 amide bonds. The molecule has 1 aliphatic heterocycles. The second-order valence-electron chi connectivity index (χ2n) is 7.03. The van der Waals surface area contributed by atoms with Gasteiger partial charge < -0.3 is 9.64 Å². The fraction of sp³-hybridized carbons (Fsp3) is 0.120. The second kappa shape index (κ2) is 8.25. The molecule has 0 saturated carbocycles. The van der Waals surface area contributed by atoms with Crippen molar-refractivity contribution in [3.05, 3.63) is 102 Å². The number of nitrogens with zero attached hydrogens (tertiary/aromatic N) is 2. The van der Waals surface area contributed by atoms with E-state index in [0.717, 1.165) is 11.3 Å². The van der Waals surface area contributed by atoms with Crippen molar-refractivity contribution in [2.24, 2.45) is 0 Å². The molecular formula is C25H22N2O3. The number of carbonyl (C=O) groups is 2. The molecule has 0 N–H and O–H groups in total. The summed E-state index contributed by atoms with van der Waals surface area (Å²) in [5, 5.41) is 0. The number of benzene rings is 3. The van der Waals surface area contributed by atoms with Crippen molar-refractivity contribution >= 4 is 23.1 Å². The van der Waals surface area contributed by atoms with Crippen LogP contribution in [-0.4, -0.2) is 30.9 Å². The fourth-order valence-corrected chi connectivity index (χ4v) is 3.58. The first-order chi connectivity index (χ1) is 14.6. The summed E-state index contributed by atoms with van der Waals surface area (Å²) in [7, 11) is 3.40. The van der Waals surface area contributed by atoms with Gasteiger partial charge in [-0.3, -0.25) is 14.5 Å². The number of amides is 2. The Labute approximate surface area is 175 Å². The first-order valence-corrected chi connectivity index (χ1v) is 9.67. The number of likely N-dealkylation sites (N-methyl/N-ethyl adjacent to an activating group) is 1. The second-order valence-corrected chi connectivity index (χ2v) is 7.03. The molecule has 0 spiro atoms. The average Bonchev–Trinajstić information content (AvgIpc) is 3.04. The highest BCUT2D eigenvalue weighted by atomic mass is 16.5. The van der Waals surface area contributed by atoms with E-state index in [0.29, 0.717) is 22.6 Å². The van der Waals surface area contributed by atoms with Gasteiger partial charge in [-0.2, -0.15) is 0 Å². The van der Waals surface area contributed by atoms with Crippen molar-refractivity contribution in [1.82, 2.24) is 4.90 Å². The molecule has 1 aliphatic rings. The van der Waals surface area contributed by atoms with Crippen LogP contribution in [0, 0.1) is 0 Å². The summed E-state index contributed by atoms with van der Waals surface area (Å²) in [6.07, 6.45) is 0. The monoisotopic (exact) mass is 398 g/mol. The molecule has 0 fully saturated rings. The molecule has 0 bridgehead atoms. The van der Waals surface area contributed by atoms with Gasteiger partial charge in [0, 0.05) is 12.7 Å². The highest BCUT2D eigenvalue weighted by molar-refractivity contribution is 6.36. The summed E-state index contributed by atoms with van der Waals surface area (Å²) >= 11 is 0. The highest BCUT2D eigenvalue weighted by Crippen LogP contribution is 2.34. The maximum atomic E-state index is 13.4. The average molecular weight is 398 g/mol. The highest BCUT2D eigenvalue weighted by Gasteiger charge is 2.41. The van der Waals surface area contributed by atoms with E-state index in [-0.39, 0.29) is 18.4 Å². The van der Waals surface area contributed by atoms with Crippen LogP contribution in [0.2, 0.25) is 0 Å². The van der Waals surface area contributed by atoms with Crippen LogP contribution in [0.25, 0.3) is 5.57 Å². The predicted molar refractivity (Wildman–Crippen MR) is 117 cm³/mol. The number of hydrogen-bond donors (Lipinski definition) is 0. The first kappa shape index (κ1) is 19.5. The Bertz CT molecular complexity index is 1090. The van der Waals surface area contributed by atoms with E-state index in [1.54, 1.807) is 24.1 Å². The summed E-state index contributed by atoms with van der Waals surface area (Å²) in [4.78, 5) is 29.9. The molecule has 0 saturated heterocycles. The van der Waals surface area contributed by atoms with Crippen molar-refractivity contribution in [3.63, 3.8) is 0 Å². The molecule has 3 aromatic rings. The van der Waals surface area contributed by atoms with Gasteiger partial charge in [-0.1, -0.05) is 60.7 Å². The molecular weight excluding hydrogens is 376 g/mol. The Kier molecular flexibility index (Phi) is 5.35. The van der Waals surface area contributed by atoms with Gasteiger partial charge in [0.25, 0.3) is 11.8 Å². The number of carbonyl (C=O) groups excluding carboxylic acids is 2. The van der Waals surface area contributed by atoms with Crippen molar-refractivity contribution in [2.75, 3.05) is 19.1 Å². The largest absolute Gasteiger partial charge is 0.497 e. The lowest BCUT2D eigenvalue weighted by atomic mass is 10.0. The third kappa shape index (κ3) is 3.57. The number of rotatable bonds is 6. The zero-order valence-corrected chi connectivity index (χ0v) is 16.9. The maximum Gasteiger partial charge on any atom is 0.278 e. The summed E-state index contributed by atoms with van der Waals surface area (Å²) in [6.45, 7) is 0.226. The molecule has 4 rings (SSSR count). The van der Waals surface area contributed by atoms with Crippen molar-refractivity contribution in [3.8, 4) is 5.75 Å². The number of anilines is 1. The van der Waals surface area contributed by atoms with Gasteiger partial charge in [0.15, 0.2) is 0 Å². The van der Waals surface area contributed by atoms with E-state index < -0.39 is 0 Å². The van der Waals surface area contributed by atoms with Crippen LogP contribution in [0.1, 0.15) is 11.1 Å². The van der Waals surface area contributed by atoms with E-state index in [1.165, 1.54) is 4.90 Å². The number of methoxy groups -OCH3 is 1. The van der Waals surface area contributed by atoms with Gasteiger partial charge in [-0.15, -0.1) is 0 Å². The van der Waals surface area contributed by atoms with E-state index >= 15 is 0 Å². The minimum atomic E-state index is -0.305. The predicted octanol–water partition coefficient (Wildman–Crippen LogP) is 4.11. The SMILES string of the molecule is COc1ccc(C2=C(N(C)c3ccccc3)C(=O)N(Cc3ccccc3)C2=O)cc1.